The summed E-state index contributed by atoms with van der Waals surface area (Å²) in [6.07, 6.45) is 6.35. The SMILES string of the molecule is COCCn1c(C2(C)CCCCC2)n[nH]c1=S. The molecule has 1 aliphatic rings. The molecule has 0 aromatic carbocycles. The molecule has 1 N–H and O–H groups in total. The first kappa shape index (κ1) is 12.8. The van der Waals surface area contributed by atoms with Crippen molar-refractivity contribution < 1.29 is 4.74 Å². The fourth-order valence-electron chi connectivity index (χ4n) is 2.72. The number of rotatable bonds is 4. The van der Waals surface area contributed by atoms with Crippen molar-refractivity contribution in [3.63, 3.8) is 0 Å². The number of aromatic nitrogens is 3. The largest absolute Gasteiger partial charge is 0.383 e. The monoisotopic (exact) mass is 255 g/mol. The molecule has 0 saturated heterocycles. The average Bonchev–Trinajstić information content (AvgIpc) is 2.70. The van der Waals surface area contributed by atoms with Gasteiger partial charge in [-0.1, -0.05) is 26.2 Å². The second-order valence-corrected chi connectivity index (χ2v) is 5.50. The molecule has 4 nitrogen and oxygen atoms in total. The summed E-state index contributed by atoms with van der Waals surface area (Å²) in [5.41, 5.74) is 0.180. The Bertz CT molecular complexity index is 418. The highest BCUT2D eigenvalue weighted by Gasteiger charge is 2.33. The summed E-state index contributed by atoms with van der Waals surface area (Å²) >= 11 is 5.29. The Morgan fingerprint density at radius 2 is 2.12 bits per heavy atom. The van der Waals surface area contributed by atoms with Gasteiger partial charge in [0.2, 0.25) is 0 Å². The van der Waals surface area contributed by atoms with E-state index in [2.05, 4.69) is 21.7 Å². The molecule has 0 atom stereocenters. The first-order valence-electron chi connectivity index (χ1n) is 6.32. The van der Waals surface area contributed by atoms with Crippen LogP contribution in [-0.4, -0.2) is 28.5 Å². The predicted octanol–water partition coefficient (Wildman–Crippen LogP) is 2.81. The van der Waals surface area contributed by atoms with E-state index in [0.717, 1.165) is 12.4 Å². The van der Waals surface area contributed by atoms with Crippen molar-refractivity contribution in [1.82, 2.24) is 14.8 Å². The van der Waals surface area contributed by atoms with Crippen LogP contribution < -0.4 is 0 Å². The third kappa shape index (κ3) is 2.60. The zero-order valence-corrected chi connectivity index (χ0v) is 11.5. The van der Waals surface area contributed by atoms with E-state index in [1.54, 1.807) is 7.11 Å². The van der Waals surface area contributed by atoms with Gasteiger partial charge >= 0.3 is 0 Å². The third-order valence-corrected chi connectivity index (χ3v) is 4.09. The molecular formula is C12H21N3OS. The number of hydrogen-bond donors (Lipinski definition) is 1. The van der Waals surface area contributed by atoms with E-state index in [0.29, 0.717) is 11.4 Å². The molecule has 0 spiro atoms. The Morgan fingerprint density at radius 3 is 2.76 bits per heavy atom. The van der Waals surface area contributed by atoms with E-state index in [4.69, 9.17) is 17.0 Å². The van der Waals surface area contributed by atoms with E-state index in [1.807, 2.05) is 0 Å². The van der Waals surface area contributed by atoms with Gasteiger partial charge in [0.05, 0.1) is 13.2 Å². The van der Waals surface area contributed by atoms with Crippen LogP contribution in [0.4, 0.5) is 0 Å². The van der Waals surface area contributed by atoms with Crippen LogP contribution in [0, 0.1) is 4.77 Å². The molecule has 0 aliphatic heterocycles. The van der Waals surface area contributed by atoms with Crippen LogP contribution in [0.25, 0.3) is 0 Å². The summed E-state index contributed by atoms with van der Waals surface area (Å²) in [5, 5.41) is 7.38. The highest BCUT2D eigenvalue weighted by molar-refractivity contribution is 7.71. The summed E-state index contributed by atoms with van der Waals surface area (Å²) in [7, 11) is 1.71. The molecule has 1 aromatic heterocycles. The highest BCUT2D eigenvalue weighted by Crippen LogP contribution is 2.37. The smallest absolute Gasteiger partial charge is 0.195 e. The van der Waals surface area contributed by atoms with Crippen LogP contribution in [-0.2, 0) is 16.7 Å². The van der Waals surface area contributed by atoms with Crippen molar-refractivity contribution in [2.24, 2.45) is 0 Å². The minimum Gasteiger partial charge on any atom is -0.383 e. The van der Waals surface area contributed by atoms with Gasteiger partial charge in [-0.2, -0.15) is 5.10 Å². The van der Waals surface area contributed by atoms with E-state index in [9.17, 15) is 0 Å². The van der Waals surface area contributed by atoms with Crippen molar-refractivity contribution in [2.75, 3.05) is 13.7 Å². The van der Waals surface area contributed by atoms with Gasteiger partial charge in [0, 0.05) is 12.5 Å². The molecule has 1 aliphatic carbocycles. The zero-order chi connectivity index (χ0) is 12.3. The van der Waals surface area contributed by atoms with Crippen LogP contribution in [0.15, 0.2) is 0 Å². The first-order valence-corrected chi connectivity index (χ1v) is 6.73. The van der Waals surface area contributed by atoms with Crippen LogP contribution >= 0.6 is 12.2 Å². The number of H-pyrrole nitrogens is 1. The molecule has 0 amide bonds. The number of hydrogen-bond acceptors (Lipinski definition) is 3. The van der Waals surface area contributed by atoms with E-state index < -0.39 is 0 Å². The normalized spacial score (nSPS) is 19.4. The summed E-state index contributed by atoms with van der Waals surface area (Å²) in [6, 6.07) is 0. The quantitative estimate of drug-likeness (QED) is 0.841. The summed E-state index contributed by atoms with van der Waals surface area (Å²) in [4.78, 5) is 0. The molecule has 5 heteroatoms. The lowest BCUT2D eigenvalue weighted by Gasteiger charge is -2.32. The van der Waals surface area contributed by atoms with E-state index >= 15 is 0 Å². The fourth-order valence-corrected chi connectivity index (χ4v) is 2.95. The van der Waals surface area contributed by atoms with Gasteiger partial charge in [-0.05, 0) is 25.1 Å². The molecule has 0 unspecified atom stereocenters. The van der Waals surface area contributed by atoms with Gasteiger partial charge in [-0.3, -0.25) is 5.10 Å². The molecule has 1 aromatic rings. The Morgan fingerprint density at radius 1 is 1.41 bits per heavy atom. The Hall–Kier alpha value is -0.680. The van der Waals surface area contributed by atoms with Crippen molar-refractivity contribution in [2.45, 2.75) is 51.0 Å². The van der Waals surface area contributed by atoms with Gasteiger partial charge in [-0.25, -0.2) is 0 Å². The molecule has 2 rings (SSSR count). The fraction of sp³-hybridized carbons (Fsp3) is 0.833. The number of methoxy groups -OCH3 is 1. The van der Waals surface area contributed by atoms with Crippen molar-refractivity contribution >= 4 is 12.2 Å². The number of ether oxygens (including phenoxy) is 1. The Labute approximate surface area is 107 Å². The summed E-state index contributed by atoms with van der Waals surface area (Å²) < 4.78 is 7.95. The highest BCUT2D eigenvalue weighted by atomic mass is 32.1. The van der Waals surface area contributed by atoms with E-state index in [-0.39, 0.29) is 5.41 Å². The molecule has 17 heavy (non-hydrogen) atoms. The Kier molecular flexibility index (Phi) is 3.99. The minimum atomic E-state index is 0.180. The van der Waals surface area contributed by atoms with Crippen molar-refractivity contribution in [3.05, 3.63) is 10.6 Å². The molecule has 1 heterocycles. The third-order valence-electron chi connectivity index (χ3n) is 3.77. The standard InChI is InChI=1S/C12H21N3OS/c1-12(6-4-3-5-7-12)10-13-14-11(17)15(10)8-9-16-2/h3-9H2,1-2H3,(H,14,17). The van der Waals surface area contributed by atoms with Crippen LogP contribution in [0.1, 0.15) is 44.9 Å². The van der Waals surface area contributed by atoms with Gasteiger partial charge in [0.15, 0.2) is 4.77 Å². The lowest BCUT2D eigenvalue weighted by Crippen LogP contribution is -2.29. The maximum Gasteiger partial charge on any atom is 0.195 e. The average molecular weight is 255 g/mol. The van der Waals surface area contributed by atoms with Gasteiger partial charge < -0.3 is 9.30 Å². The summed E-state index contributed by atoms with van der Waals surface area (Å²) in [6.45, 7) is 3.77. The second kappa shape index (κ2) is 5.31. The molecule has 1 saturated carbocycles. The van der Waals surface area contributed by atoms with Crippen molar-refractivity contribution in [1.29, 1.82) is 0 Å². The lowest BCUT2D eigenvalue weighted by atomic mass is 9.75. The molecule has 0 bridgehead atoms. The van der Waals surface area contributed by atoms with Crippen molar-refractivity contribution in [3.8, 4) is 0 Å². The lowest BCUT2D eigenvalue weighted by molar-refractivity contribution is 0.182. The minimum absolute atomic E-state index is 0.180. The number of nitrogens with one attached hydrogen (secondary N) is 1. The zero-order valence-electron chi connectivity index (χ0n) is 10.7. The maximum atomic E-state index is 5.29. The van der Waals surface area contributed by atoms with Gasteiger partial charge in [-0.15, -0.1) is 0 Å². The van der Waals surface area contributed by atoms with Crippen LogP contribution in [0.2, 0.25) is 0 Å². The topological polar surface area (TPSA) is 42.8 Å². The van der Waals surface area contributed by atoms with Gasteiger partial charge in [0.1, 0.15) is 5.82 Å². The van der Waals surface area contributed by atoms with E-state index in [1.165, 1.54) is 32.1 Å². The molecule has 1 fully saturated rings. The molecular weight excluding hydrogens is 234 g/mol. The van der Waals surface area contributed by atoms with Crippen LogP contribution in [0.5, 0.6) is 0 Å². The molecule has 0 radical (unpaired) electrons. The predicted molar refractivity (Wildman–Crippen MR) is 69.7 cm³/mol. The summed E-state index contributed by atoms with van der Waals surface area (Å²) in [5.74, 6) is 1.11. The number of aromatic amines is 1. The maximum absolute atomic E-state index is 5.29. The number of nitrogens with zero attached hydrogens (tertiary/aromatic N) is 2. The first-order chi connectivity index (χ1) is 8.17. The second-order valence-electron chi connectivity index (χ2n) is 5.12. The molecule has 96 valence electrons. The van der Waals surface area contributed by atoms with Gasteiger partial charge in [0.25, 0.3) is 0 Å². The van der Waals surface area contributed by atoms with Crippen LogP contribution in [0.3, 0.4) is 0 Å². The Balaban J connectivity index is 2.27.